The fourth-order valence-corrected chi connectivity index (χ4v) is 2.79. The summed E-state index contributed by atoms with van der Waals surface area (Å²) in [4.78, 5) is 10.6. The maximum Gasteiger partial charge on any atom is 0.150 e. The van der Waals surface area contributed by atoms with Crippen LogP contribution >= 0.6 is 15.9 Å². The van der Waals surface area contributed by atoms with Crippen LogP contribution in [0.3, 0.4) is 0 Å². The molecule has 0 heterocycles. The lowest BCUT2D eigenvalue weighted by Crippen LogP contribution is -1.90. The molecule has 0 radical (unpaired) electrons. The number of nitrogens with one attached hydrogen (secondary N) is 1. The first-order valence-electron chi connectivity index (χ1n) is 7.75. The average molecular weight is 372 g/mol. The van der Waals surface area contributed by atoms with Crippen molar-refractivity contribution in [2.24, 2.45) is 0 Å². The number of rotatable bonds is 4. The maximum absolute atomic E-state index is 10.6. The van der Waals surface area contributed by atoms with Crippen LogP contribution in [-0.4, -0.2) is 13.3 Å². The Kier molecular flexibility index (Phi) is 6.17. The molecule has 0 aliphatic heterocycles. The minimum Gasteiger partial charge on any atom is -0.388 e. The van der Waals surface area contributed by atoms with Crippen molar-refractivity contribution < 1.29 is 4.79 Å². The van der Waals surface area contributed by atoms with Gasteiger partial charge in [-0.15, -0.1) is 0 Å². The molecule has 0 atom stereocenters. The largest absolute Gasteiger partial charge is 0.388 e. The zero-order chi connectivity index (χ0) is 16.8. The van der Waals surface area contributed by atoms with E-state index in [1.165, 1.54) is 29.7 Å². The molecule has 3 rings (SSSR count). The normalized spacial score (nSPS) is 12.8. The molecule has 1 N–H and O–H groups in total. The summed E-state index contributed by atoms with van der Waals surface area (Å²) in [6, 6.07) is 12.1. The van der Waals surface area contributed by atoms with Crippen molar-refractivity contribution in [1.29, 1.82) is 0 Å². The first-order valence-corrected chi connectivity index (χ1v) is 8.54. The van der Waals surface area contributed by atoms with Crippen molar-refractivity contribution in [3.8, 4) is 0 Å². The summed E-state index contributed by atoms with van der Waals surface area (Å²) in [5.74, 6) is 0.736. The van der Waals surface area contributed by atoms with Crippen LogP contribution in [0, 0.1) is 6.92 Å². The third kappa shape index (κ3) is 4.55. The Bertz CT molecular complexity index is 705. The molecular weight excluding hydrogens is 350 g/mol. The monoisotopic (exact) mass is 371 g/mol. The molecule has 1 aliphatic rings. The van der Waals surface area contributed by atoms with Crippen LogP contribution in [0.1, 0.15) is 45.8 Å². The highest BCUT2D eigenvalue weighted by Crippen LogP contribution is 2.40. The van der Waals surface area contributed by atoms with Crippen molar-refractivity contribution in [3.63, 3.8) is 0 Å². The number of anilines is 1. The predicted octanol–water partition coefficient (Wildman–Crippen LogP) is 5.82. The molecule has 1 aliphatic carbocycles. The van der Waals surface area contributed by atoms with Gasteiger partial charge in [0.25, 0.3) is 0 Å². The lowest BCUT2D eigenvalue weighted by atomic mass is 10.0. The fourth-order valence-electron chi connectivity index (χ4n) is 2.43. The van der Waals surface area contributed by atoms with Gasteiger partial charge in [-0.05, 0) is 54.5 Å². The molecule has 0 unspecified atom stereocenters. The first-order chi connectivity index (χ1) is 11.1. The Balaban J connectivity index is 0.000000174. The number of hydrogen-bond acceptors (Lipinski definition) is 2. The van der Waals surface area contributed by atoms with Crippen molar-refractivity contribution in [3.05, 3.63) is 69.7 Å². The lowest BCUT2D eigenvalue weighted by Gasteiger charge is -2.04. The van der Waals surface area contributed by atoms with Crippen molar-refractivity contribution in [2.45, 2.75) is 25.7 Å². The second kappa shape index (κ2) is 8.11. The van der Waals surface area contributed by atoms with Gasteiger partial charge in [0, 0.05) is 22.8 Å². The second-order valence-electron chi connectivity index (χ2n) is 5.65. The SMILES string of the molecule is C=Cc1cc(C2CC2)ccc1C=O.CNc1cccc(Br)c1C. The predicted molar refractivity (Wildman–Crippen MR) is 102 cm³/mol. The van der Waals surface area contributed by atoms with Crippen LogP contribution < -0.4 is 5.32 Å². The number of hydrogen-bond donors (Lipinski definition) is 1. The van der Waals surface area contributed by atoms with Gasteiger partial charge in [0.1, 0.15) is 0 Å². The van der Waals surface area contributed by atoms with E-state index in [1.807, 2.05) is 25.2 Å². The highest BCUT2D eigenvalue weighted by Gasteiger charge is 2.23. The van der Waals surface area contributed by atoms with Gasteiger partial charge in [0.15, 0.2) is 6.29 Å². The van der Waals surface area contributed by atoms with Crippen LogP contribution in [0.25, 0.3) is 6.08 Å². The van der Waals surface area contributed by atoms with E-state index in [-0.39, 0.29) is 0 Å². The van der Waals surface area contributed by atoms with Crippen LogP contribution in [0.5, 0.6) is 0 Å². The molecule has 1 fully saturated rings. The lowest BCUT2D eigenvalue weighted by molar-refractivity contribution is 0.112. The van der Waals surface area contributed by atoms with Crippen molar-refractivity contribution in [1.82, 2.24) is 0 Å². The molecule has 0 amide bonds. The number of carbonyl (C=O) groups excluding carboxylic acids is 1. The number of benzene rings is 2. The van der Waals surface area contributed by atoms with Gasteiger partial charge >= 0.3 is 0 Å². The molecule has 2 aromatic rings. The standard InChI is InChI=1S/C12H12O.C8H10BrN/c1-2-9-7-11(10-3-4-10)5-6-12(9)8-13;1-6-7(9)4-3-5-8(6)10-2/h2,5-8,10H,1,3-4H2;3-5,10H,1-2H3. The molecule has 1 saturated carbocycles. The Morgan fingerprint density at radius 1 is 1.22 bits per heavy atom. The summed E-state index contributed by atoms with van der Waals surface area (Å²) in [7, 11) is 1.93. The second-order valence-corrected chi connectivity index (χ2v) is 6.50. The Morgan fingerprint density at radius 2 is 1.96 bits per heavy atom. The smallest absolute Gasteiger partial charge is 0.150 e. The summed E-state index contributed by atoms with van der Waals surface area (Å²) >= 11 is 3.45. The quantitative estimate of drug-likeness (QED) is 0.686. The summed E-state index contributed by atoms with van der Waals surface area (Å²) < 4.78 is 1.15. The third-order valence-electron chi connectivity index (χ3n) is 4.04. The van der Waals surface area contributed by atoms with Crippen LogP contribution in [0.2, 0.25) is 0 Å². The molecule has 0 spiro atoms. The minimum absolute atomic E-state index is 0.736. The molecule has 0 aromatic heterocycles. The van der Waals surface area contributed by atoms with Crippen LogP contribution in [0.4, 0.5) is 5.69 Å². The molecule has 0 saturated heterocycles. The van der Waals surface area contributed by atoms with E-state index >= 15 is 0 Å². The number of carbonyl (C=O) groups is 1. The van der Waals surface area contributed by atoms with Gasteiger partial charge in [-0.2, -0.15) is 0 Å². The van der Waals surface area contributed by atoms with E-state index in [0.29, 0.717) is 0 Å². The Morgan fingerprint density at radius 3 is 2.48 bits per heavy atom. The van der Waals surface area contributed by atoms with Crippen molar-refractivity contribution in [2.75, 3.05) is 12.4 Å². The van der Waals surface area contributed by atoms with Crippen LogP contribution in [-0.2, 0) is 0 Å². The fraction of sp³-hybridized carbons (Fsp3) is 0.250. The highest BCUT2D eigenvalue weighted by atomic mass is 79.9. The summed E-state index contributed by atoms with van der Waals surface area (Å²) in [5.41, 5.74) is 5.47. The van der Waals surface area contributed by atoms with Gasteiger partial charge in [0.05, 0.1) is 0 Å². The zero-order valence-corrected chi connectivity index (χ0v) is 15.2. The minimum atomic E-state index is 0.736. The topological polar surface area (TPSA) is 29.1 Å². The molecule has 3 heteroatoms. The number of halogens is 1. The average Bonchev–Trinajstić information content (AvgIpc) is 3.42. The van der Waals surface area contributed by atoms with Gasteiger partial charge in [-0.1, -0.05) is 52.9 Å². The van der Waals surface area contributed by atoms with E-state index in [0.717, 1.165) is 27.8 Å². The molecule has 2 nitrogen and oxygen atoms in total. The molecular formula is C20H22BrNO. The highest BCUT2D eigenvalue weighted by molar-refractivity contribution is 9.10. The third-order valence-corrected chi connectivity index (χ3v) is 4.90. The van der Waals surface area contributed by atoms with Gasteiger partial charge < -0.3 is 5.32 Å². The van der Waals surface area contributed by atoms with E-state index in [9.17, 15) is 4.79 Å². The van der Waals surface area contributed by atoms with Crippen molar-refractivity contribution >= 4 is 34.0 Å². The number of aldehydes is 1. The first kappa shape index (κ1) is 17.5. The summed E-state index contributed by atoms with van der Waals surface area (Å²) in [5, 5.41) is 3.11. The van der Waals surface area contributed by atoms with E-state index < -0.39 is 0 Å². The van der Waals surface area contributed by atoms with E-state index in [1.54, 1.807) is 6.08 Å². The molecule has 120 valence electrons. The van der Waals surface area contributed by atoms with Gasteiger partial charge in [-0.25, -0.2) is 0 Å². The van der Waals surface area contributed by atoms with E-state index in [4.69, 9.17) is 0 Å². The molecule has 2 aromatic carbocycles. The van der Waals surface area contributed by atoms with Gasteiger partial charge in [0.2, 0.25) is 0 Å². The Hall–Kier alpha value is -1.87. The Labute approximate surface area is 146 Å². The maximum atomic E-state index is 10.6. The summed E-state index contributed by atoms with van der Waals surface area (Å²) in [6.07, 6.45) is 5.21. The van der Waals surface area contributed by atoms with Crippen LogP contribution in [0.15, 0.2) is 47.4 Å². The van der Waals surface area contributed by atoms with E-state index in [2.05, 4.69) is 52.9 Å². The summed E-state index contributed by atoms with van der Waals surface area (Å²) in [6.45, 7) is 5.78. The zero-order valence-electron chi connectivity index (χ0n) is 13.6. The molecule has 23 heavy (non-hydrogen) atoms. The molecule has 0 bridgehead atoms. The van der Waals surface area contributed by atoms with Gasteiger partial charge in [-0.3, -0.25) is 4.79 Å².